The van der Waals surface area contributed by atoms with Gasteiger partial charge in [0.15, 0.2) is 11.5 Å². The number of benzene rings is 1. The molecule has 0 aliphatic carbocycles. The van der Waals surface area contributed by atoms with E-state index in [0.29, 0.717) is 26.2 Å². The van der Waals surface area contributed by atoms with E-state index < -0.39 is 10.0 Å². The van der Waals surface area contributed by atoms with Crippen LogP contribution in [0.25, 0.3) is 0 Å². The van der Waals surface area contributed by atoms with E-state index in [-0.39, 0.29) is 6.10 Å². The summed E-state index contributed by atoms with van der Waals surface area (Å²) in [5.41, 5.74) is 0. The number of fused-ring (bicyclic) bond motifs is 1. The first kappa shape index (κ1) is 17.1. The predicted molar refractivity (Wildman–Crippen MR) is 85.9 cm³/mol. The van der Waals surface area contributed by atoms with Crippen molar-refractivity contribution >= 4 is 10.0 Å². The van der Waals surface area contributed by atoms with Gasteiger partial charge in [0.05, 0.1) is 6.26 Å². The average molecular weight is 328 g/mol. The second-order valence-electron chi connectivity index (χ2n) is 5.46. The molecule has 124 valence electrons. The zero-order valence-electron chi connectivity index (χ0n) is 13.1. The average Bonchev–Trinajstić information content (AvgIpc) is 2.46. The molecule has 6 nitrogen and oxygen atoms in total. The summed E-state index contributed by atoms with van der Waals surface area (Å²) in [6, 6.07) is 7.63. The molecule has 0 radical (unpaired) electrons. The quantitative estimate of drug-likeness (QED) is 0.774. The molecule has 7 heteroatoms. The minimum absolute atomic E-state index is 0.0420. The van der Waals surface area contributed by atoms with Crippen LogP contribution in [0, 0.1) is 0 Å². The molecule has 0 unspecified atom stereocenters. The Balaban J connectivity index is 1.86. The highest BCUT2D eigenvalue weighted by Gasteiger charge is 2.22. The van der Waals surface area contributed by atoms with Crippen LogP contribution >= 0.6 is 0 Å². The summed E-state index contributed by atoms with van der Waals surface area (Å²) in [7, 11) is -3.14. The molecule has 1 aliphatic heterocycles. The minimum Gasteiger partial charge on any atom is -0.486 e. The van der Waals surface area contributed by atoms with Gasteiger partial charge in [-0.25, -0.2) is 13.1 Å². The summed E-state index contributed by atoms with van der Waals surface area (Å²) in [6.07, 6.45) is 2.13. The largest absolute Gasteiger partial charge is 0.486 e. The fourth-order valence-corrected chi connectivity index (χ4v) is 2.90. The molecule has 1 N–H and O–H groups in total. The molecule has 1 heterocycles. The maximum absolute atomic E-state index is 11.1. The third-order valence-electron chi connectivity index (χ3n) is 3.36. The van der Waals surface area contributed by atoms with Crippen molar-refractivity contribution in [3.8, 4) is 11.5 Å². The Morgan fingerprint density at radius 2 is 2.00 bits per heavy atom. The zero-order chi connectivity index (χ0) is 16.0. The monoisotopic (exact) mass is 328 g/mol. The van der Waals surface area contributed by atoms with Crippen molar-refractivity contribution in [2.24, 2.45) is 0 Å². The molecule has 0 aromatic heterocycles. The molecule has 0 saturated carbocycles. The fraction of sp³-hybridized carbons (Fsp3) is 0.600. The molecule has 2 rings (SSSR count). The number of sulfonamides is 1. The molecule has 22 heavy (non-hydrogen) atoms. The lowest BCUT2D eigenvalue weighted by molar-refractivity contribution is 0.0592. The van der Waals surface area contributed by atoms with Crippen LogP contribution in [0.5, 0.6) is 11.5 Å². The minimum atomic E-state index is -3.14. The number of rotatable bonds is 8. The van der Waals surface area contributed by atoms with Gasteiger partial charge in [0.25, 0.3) is 0 Å². The lowest BCUT2D eigenvalue weighted by Gasteiger charge is -2.31. The van der Waals surface area contributed by atoms with Gasteiger partial charge < -0.3 is 9.47 Å². The Morgan fingerprint density at radius 1 is 1.27 bits per heavy atom. The van der Waals surface area contributed by atoms with Gasteiger partial charge >= 0.3 is 0 Å². The lowest BCUT2D eigenvalue weighted by atomic mass is 10.2. The van der Waals surface area contributed by atoms with Gasteiger partial charge in [0.2, 0.25) is 10.0 Å². The second kappa shape index (κ2) is 7.80. The standard InChI is InChI=1S/C15H24N2O4S/c1-3-9-17(10-8-16-22(2,18)19)11-13-12-20-14-6-4-5-7-15(14)21-13/h4-7,13,16H,3,8-12H2,1-2H3/t13-/m1/s1. The molecular formula is C15H24N2O4S. The van der Waals surface area contributed by atoms with Crippen molar-refractivity contribution in [1.82, 2.24) is 9.62 Å². The van der Waals surface area contributed by atoms with Crippen molar-refractivity contribution in [3.63, 3.8) is 0 Å². The van der Waals surface area contributed by atoms with Crippen molar-refractivity contribution in [3.05, 3.63) is 24.3 Å². The van der Waals surface area contributed by atoms with Crippen LogP contribution in [-0.2, 0) is 10.0 Å². The number of ether oxygens (including phenoxy) is 2. The Kier molecular flexibility index (Phi) is 6.05. The highest BCUT2D eigenvalue weighted by Crippen LogP contribution is 2.30. The van der Waals surface area contributed by atoms with Crippen LogP contribution in [-0.4, -0.2) is 58.5 Å². The summed E-state index contributed by atoms with van der Waals surface area (Å²) in [6.45, 7) is 5.28. The van der Waals surface area contributed by atoms with Crippen LogP contribution in [0.15, 0.2) is 24.3 Å². The van der Waals surface area contributed by atoms with Crippen LogP contribution in [0.2, 0.25) is 0 Å². The Labute approximate surface area is 132 Å². The molecular weight excluding hydrogens is 304 g/mol. The van der Waals surface area contributed by atoms with Gasteiger partial charge in [-0.1, -0.05) is 19.1 Å². The van der Waals surface area contributed by atoms with E-state index in [1.54, 1.807) is 0 Å². The first-order valence-corrected chi connectivity index (χ1v) is 9.42. The molecule has 0 saturated heterocycles. The van der Waals surface area contributed by atoms with E-state index in [0.717, 1.165) is 24.5 Å². The van der Waals surface area contributed by atoms with Crippen LogP contribution in [0.3, 0.4) is 0 Å². The van der Waals surface area contributed by atoms with E-state index in [9.17, 15) is 8.42 Å². The Hall–Kier alpha value is -1.31. The molecule has 0 bridgehead atoms. The maximum Gasteiger partial charge on any atom is 0.208 e. The van der Waals surface area contributed by atoms with Crippen molar-refractivity contribution in [1.29, 1.82) is 0 Å². The highest BCUT2D eigenvalue weighted by atomic mass is 32.2. The first-order chi connectivity index (χ1) is 10.5. The third kappa shape index (κ3) is 5.47. The van der Waals surface area contributed by atoms with Crippen LogP contribution < -0.4 is 14.2 Å². The Morgan fingerprint density at radius 3 is 2.68 bits per heavy atom. The maximum atomic E-state index is 11.1. The molecule has 0 amide bonds. The zero-order valence-corrected chi connectivity index (χ0v) is 13.9. The summed E-state index contributed by atoms with van der Waals surface area (Å²) >= 11 is 0. The number of hydrogen-bond donors (Lipinski definition) is 1. The van der Waals surface area contributed by atoms with Crippen LogP contribution in [0.1, 0.15) is 13.3 Å². The van der Waals surface area contributed by atoms with Gasteiger partial charge in [0.1, 0.15) is 12.7 Å². The van der Waals surface area contributed by atoms with Gasteiger partial charge in [-0.2, -0.15) is 0 Å². The summed E-state index contributed by atoms with van der Waals surface area (Å²) in [4.78, 5) is 2.19. The molecule has 1 aromatic rings. The van der Waals surface area contributed by atoms with Gasteiger partial charge in [-0.15, -0.1) is 0 Å². The smallest absolute Gasteiger partial charge is 0.208 e. The normalized spacial score (nSPS) is 17.7. The lowest BCUT2D eigenvalue weighted by Crippen LogP contribution is -2.44. The van der Waals surface area contributed by atoms with Crippen molar-refractivity contribution in [2.45, 2.75) is 19.4 Å². The van der Waals surface area contributed by atoms with E-state index >= 15 is 0 Å². The first-order valence-electron chi connectivity index (χ1n) is 7.53. The summed E-state index contributed by atoms with van der Waals surface area (Å²) in [5, 5.41) is 0. The van der Waals surface area contributed by atoms with Crippen molar-refractivity contribution < 1.29 is 17.9 Å². The number of para-hydroxylation sites is 2. The topological polar surface area (TPSA) is 67.9 Å². The van der Waals surface area contributed by atoms with Gasteiger partial charge in [-0.3, -0.25) is 4.90 Å². The second-order valence-corrected chi connectivity index (χ2v) is 7.30. The van der Waals surface area contributed by atoms with E-state index in [1.165, 1.54) is 6.26 Å². The van der Waals surface area contributed by atoms with Gasteiger partial charge in [-0.05, 0) is 25.1 Å². The van der Waals surface area contributed by atoms with E-state index in [1.807, 2.05) is 24.3 Å². The fourth-order valence-electron chi connectivity index (χ4n) is 2.44. The van der Waals surface area contributed by atoms with E-state index in [2.05, 4.69) is 16.5 Å². The third-order valence-corrected chi connectivity index (χ3v) is 4.09. The molecule has 1 aromatic carbocycles. The van der Waals surface area contributed by atoms with Gasteiger partial charge in [0, 0.05) is 19.6 Å². The van der Waals surface area contributed by atoms with Crippen molar-refractivity contribution in [2.75, 3.05) is 39.0 Å². The molecule has 1 atom stereocenters. The van der Waals surface area contributed by atoms with E-state index in [4.69, 9.17) is 9.47 Å². The number of hydrogen-bond acceptors (Lipinski definition) is 5. The summed E-state index contributed by atoms with van der Waals surface area (Å²) in [5.74, 6) is 1.55. The molecule has 1 aliphatic rings. The Bertz CT molecular complexity index is 577. The SMILES string of the molecule is CCCN(CCNS(C)(=O)=O)C[C@@H]1COc2ccccc2O1. The highest BCUT2D eigenvalue weighted by molar-refractivity contribution is 7.88. The number of nitrogens with one attached hydrogen (secondary N) is 1. The predicted octanol–water partition coefficient (Wildman–Crippen LogP) is 1.09. The summed E-state index contributed by atoms with van der Waals surface area (Å²) < 4.78 is 36.4. The number of nitrogens with zero attached hydrogens (tertiary/aromatic N) is 1. The molecule has 0 fully saturated rings. The molecule has 0 spiro atoms. The van der Waals surface area contributed by atoms with Crippen LogP contribution in [0.4, 0.5) is 0 Å².